The van der Waals surface area contributed by atoms with Crippen molar-refractivity contribution in [3.05, 3.63) is 83.3 Å². The summed E-state index contributed by atoms with van der Waals surface area (Å²) in [6.07, 6.45) is 1.64. The van der Waals surface area contributed by atoms with E-state index < -0.39 is 10.0 Å². The number of aromatic nitrogens is 2. The second-order valence-electron chi connectivity index (χ2n) is 7.24. The highest BCUT2D eigenvalue weighted by atomic mass is 32.2. The van der Waals surface area contributed by atoms with Gasteiger partial charge in [-0.3, -0.25) is 0 Å². The summed E-state index contributed by atoms with van der Waals surface area (Å²) in [7, 11) is -3.44. The van der Waals surface area contributed by atoms with Gasteiger partial charge in [0.05, 0.1) is 5.69 Å². The van der Waals surface area contributed by atoms with Crippen LogP contribution in [0.2, 0.25) is 0 Å². The first kappa shape index (κ1) is 20.3. The van der Waals surface area contributed by atoms with E-state index in [9.17, 15) is 8.42 Å². The van der Waals surface area contributed by atoms with Crippen molar-refractivity contribution in [1.82, 2.24) is 14.5 Å². The van der Waals surface area contributed by atoms with Crippen LogP contribution in [0.15, 0.2) is 72.1 Å². The molecule has 0 saturated carbocycles. The first-order valence-electron chi connectivity index (χ1n) is 9.91. The fraction of sp³-hybridized carbons (Fsp3) is 0.217. The molecule has 2 aromatic carbocycles. The third-order valence-corrected chi connectivity index (χ3v) is 6.79. The molecule has 0 spiro atoms. The molecule has 4 rings (SSSR count). The van der Waals surface area contributed by atoms with Crippen LogP contribution in [0.3, 0.4) is 0 Å². The lowest BCUT2D eigenvalue weighted by Gasteiger charge is -2.33. The quantitative estimate of drug-likeness (QED) is 0.631. The summed E-state index contributed by atoms with van der Waals surface area (Å²) in [6.45, 7) is 4.05. The van der Waals surface area contributed by atoms with Crippen LogP contribution in [0.4, 0.5) is 5.82 Å². The third-order valence-electron chi connectivity index (χ3n) is 5.23. The van der Waals surface area contributed by atoms with E-state index in [-0.39, 0.29) is 0 Å². The number of piperazine rings is 1. The summed E-state index contributed by atoms with van der Waals surface area (Å²) in [5, 5.41) is 10.0. The fourth-order valence-corrected chi connectivity index (χ4v) is 4.66. The number of hydrogen-bond acceptors (Lipinski definition) is 5. The molecule has 2 heterocycles. The second-order valence-corrected chi connectivity index (χ2v) is 9.05. The van der Waals surface area contributed by atoms with Crippen LogP contribution in [0.25, 0.3) is 17.3 Å². The van der Waals surface area contributed by atoms with Gasteiger partial charge < -0.3 is 4.90 Å². The molecular weight excluding hydrogens is 396 g/mol. The molecule has 0 unspecified atom stereocenters. The van der Waals surface area contributed by atoms with Gasteiger partial charge in [0.2, 0.25) is 10.0 Å². The van der Waals surface area contributed by atoms with Crippen LogP contribution in [0.1, 0.15) is 11.1 Å². The Morgan fingerprint density at radius 2 is 1.53 bits per heavy atom. The van der Waals surface area contributed by atoms with E-state index in [0.717, 1.165) is 28.2 Å². The van der Waals surface area contributed by atoms with Crippen molar-refractivity contribution >= 4 is 21.9 Å². The van der Waals surface area contributed by atoms with Crippen LogP contribution in [0, 0.1) is 6.92 Å². The van der Waals surface area contributed by atoms with Gasteiger partial charge in [-0.05, 0) is 36.3 Å². The zero-order valence-corrected chi connectivity index (χ0v) is 17.7. The Labute approximate surface area is 177 Å². The topological polar surface area (TPSA) is 66.4 Å². The molecule has 1 aliphatic heterocycles. The number of nitrogens with zero attached hydrogens (tertiary/aromatic N) is 4. The highest BCUT2D eigenvalue weighted by molar-refractivity contribution is 7.92. The Balaban J connectivity index is 1.39. The van der Waals surface area contributed by atoms with Gasteiger partial charge in [0.15, 0.2) is 5.82 Å². The molecule has 0 bridgehead atoms. The Bertz CT molecular complexity index is 1120. The van der Waals surface area contributed by atoms with Crippen molar-refractivity contribution in [3.8, 4) is 11.3 Å². The van der Waals surface area contributed by atoms with Gasteiger partial charge in [-0.1, -0.05) is 54.6 Å². The van der Waals surface area contributed by atoms with Crippen LogP contribution >= 0.6 is 0 Å². The van der Waals surface area contributed by atoms with Gasteiger partial charge in [0, 0.05) is 37.2 Å². The highest BCUT2D eigenvalue weighted by Gasteiger charge is 2.25. The monoisotopic (exact) mass is 420 g/mol. The van der Waals surface area contributed by atoms with Gasteiger partial charge in [-0.2, -0.15) is 4.31 Å². The minimum absolute atomic E-state index is 0.419. The zero-order chi connectivity index (χ0) is 21.0. The van der Waals surface area contributed by atoms with Gasteiger partial charge in [0.1, 0.15) is 0 Å². The largest absolute Gasteiger partial charge is 0.352 e. The molecule has 7 heteroatoms. The first-order chi connectivity index (χ1) is 14.5. The molecule has 0 N–H and O–H groups in total. The smallest absolute Gasteiger partial charge is 0.236 e. The van der Waals surface area contributed by atoms with Gasteiger partial charge in [0.25, 0.3) is 0 Å². The average Bonchev–Trinajstić information content (AvgIpc) is 2.79. The van der Waals surface area contributed by atoms with Crippen molar-refractivity contribution < 1.29 is 8.42 Å². The molecule has 1 saturated heterocycles. The van der Waals surface area contributed by atoms with Crippen molar-refractivity contribution in [1.29, 1.82) is 0 Å². The highest BCUT2D eigenvalue weighted by Crippen LogP contribution is 2.22. The Morgan fingerprint density at radius 1 is 0.833 bits per heavy atom. The molecule has 1 fully saturated rings. The molecule has 1 aliphatic rings. The maximum absolute atomic E-state index is 12.6. The summed E-state index contributed by atoms with van der Waals surface area (Å²) in [5.41, 5.74) is 3.92. The first-order valence-corrected chi connectivity index (χ1v) is 11.4. The minimum atomic E-state index is -3.44. The van der Waals surface area contributed by atoms with Crippen molar-refractivity contribution in [2.45, 2.75) is 6.92 Å². The molecule has 0 aliphatic carbocycles. The van der Waals surface area contributed by atoms with E-state index in [4.69, 9.17) is 0 Å². The molecule has 3 aromatic rings. The van der Waals surface area contributed by atoms with Gasteiger partial charge in [-0.15, -0.1) is 10.2 Å². The van der Waals surface area contributed by atoms with Crippen molar-refractivity contribution in [3.63, 3.8) is 0 Å². The van der Waals surface area contributed by atoms with Crippen LogP contribution in [-0.2, 0) is 10.0 Å². The van der Waals surface area contributed by atoms with E-state index in [0.29, 0.717) is 26.2 Å². The molecule has 30 heavy (non-hydrogen) atoms. The normalized spacial score (nSPS) is 15.6. The number of aryl methyl sites for hydroxylation is 1. The van der Waals surface area contributed by atoms with Crippen LogP contribution in [-0.4, -0.2) is 49.1 Å². The summed E-state index contributed by atoms with van der Waals surface area (Å²) < 4.78 is 26.8. The zero-order valence-electron chi connectivity index (χ0n) is 16.8. The van der Waals surface area contributed by atoms with E-state index >= 15 is 0 Å². The lowest BCUT2D eigenvalue weighted by molar-refractivity contribution is 0.388. The molecule has 0 atom stereocenters. The lowest BCUT2D eigenvalue weighted by Crippen LogP contribution is -2.48. The Hall–Kier alpha value is -3.03. The lowest BCUT2D eigenvalue weighted by atomic mass is 10.1. The van der Waals surface area contributed by atoms with E-state index in [2.05, 4.69) is 28.1 Å². The number of anilines is 1. The molecule has 154 valence electrons. The number of sulfonamides is 1. The van der Waals surface area contributed by atoms with Crippen LogP contribution in [0.5, 0.6) is 0 Å². The SMILES string of the molecule is Cc1ccccc1-c1ccc(N2CCN(S(=O)(=O)/C=C/c3ccccc3)CC2)nn1. The maximum Gasteiger partial charge on any atom is 0.236 e. The van der Waals surface area contributed by atoms with E-state index in [1.54, 1.807) is 6.08 Å². The number of rotatable bonds is 5. The standard InChI is InChI=1S/C23H24N4O2S/c1-19-7-5-6-10-21(19)22-11-12-23(25-24-22)26-14-16-27(17-15-26)30(28,29)18-13-20-8-3-2-4-9-20/h2-13,18H,14-17H2,1H3/b18-13+. The van der Waals surface area contributed by atoms with Crippen molar-refractivity contribution in [2.75, 3.05) is 31.1 Å². The predicted molar refractivity (Wildman–Crippen MR) is 120 cm³/mol. The van der Waals surface area contributed by atoms with E-state index in [1.165, 1.54) is 9.71 Å². The molecule has 0 radical (unpaired) electrons. The van der Waals surface area contributed by atoms with E-state index in [1.807, 2.05) is 60.7 Å². The Morgan fingerprint density at radius 3 is 2.20 bits per heavy atom. The average molecular weight is 421 g/mol. The second kappa shape index (κ2) is 8.77. The molecule has 1 aromatic heterocycles. The Kier molecular flexibility index (Phi) is 5.92. The summed E-state index contributed by atoms with van der Waals surface area (Å²) >= 11 is 0. The fourth-order valence-electron chi connectivity index (χ4n) is 3.48. The molecular formula is C23H24N4O2S. The maximum atomic E-state index is 12.6. The summed E-state index contributed by atoms with van der Waals surface area (Å²) in [5.74, 6) is 0.768. The summed E-state index contributed by atoms with van der Waals surface area (Å²) in [6, 6.07) is 21.4. The number of benzene rings is 2. The molecule has 0 amide bonds. The van der Waals surface area contributed by atoms with Gasteiger partial charge >= 0.3 is 0 Å². The number of hydrogen-bond donors (Lipinski definition) is 0. The summed E-state index contributed by atoms with van der Waals surface area (Å²) in [4.78, 5) is 2.07. The third kappa shape index (κ3) is 4.58. The van der Waals surface area contributed by atoms with Gasteiger partial charge in [-0.25, -0.2) is 8.42 Å². The predicted octanol–water partition coefficient (Wildman–Crippen LogP) is 3.57. The van der Waals surface area contributed by atoms with Crippen LogP contribution < -0.4 is 4.90 Å². The minimum Gasteiger partial charge on any atom is -0.352 e. The van der Waals surface area contributed by atoms with Crippen molar-refractivity contribution in [2.24, 2.45) is 0 Å². The molecule has 6 nitrogen and oxygen atoms in total.